The number of alkyl halides is 3. The van der Waals surface area contributed by atoms with Crippen LogP contribution in [0.2, 0.25) is 0 Å². The van der Waals surface area contributed by atoms with Gasteiger partial charge in [0.15, 0.2) is 0 Å². The summed E-state index contributed by atoms with van der Waals surface area (Å²) in [6.45, 7) is 11.8. The zero-order chi connectivity index (χ0) is 27.4. The first-order valence-electron chi connectivity index (χ1n) is 12.5. The topological polar surface area (TPSA) is 96.4 Å². The molecule has 1 aromatic carbocycles. The second kappa shape index (κ2) is 14.9. The third-order valence-electron chi connectivity index (χ3n) is 6.36. The Kier molecular flexibility index (Phi) is 12.3. The molecule has 2 aliphatic heterocycles. The molecule has 2 aliphatic rings. The second-order valence-corrected chi connectivity index (χ2v) is 9.34. The number of aliphatic carboxylic acids is 1. The molecule has 208 valence electrons. The first kappa shape index (κ1) is 30.5. The molecule has 2 saturated heterocycles. The Morgan fingerprint density at radius 3 is 2.22 bits per heavy atom. The van der Waals surface area contributed by atoms with E-state index in [4.69, 9.17) is 9.90 Å². The first-order valence-corrected chi connectivity index (χ1v) is 12.5. The highest BCUT2D eigenvalue weighted by Gasteiger charge is 2.38. The molecular weight excluding hydrogens is 491 g/mol. The number of halogens is 3. The Balaban J connectivity index is 0.000000604. The first-order chi connectivity index (χ1) is 17.5. The van der Waals surface area contributed by atoms with E-state index < -0.39 is 12.1 Å². The molecule has 0 bridgehead atoms. The van der Waals surface area contributed by atoms with Gasteiger partial charge in [-0.2, -0.15) is 13.2 Å². The minimum Gasteiger partial charge on any atom is -0.475 e. The average Bonchev–Trinajstić information content (AvgIpc) is 2.87. The molecule has 2 amide bonds. The van der Waals surface area contributed by atoms with Crippen LogP contribution in [0, 0.1) is 6.92 Å². The molecule has 2 fully saturated rings. The van der Waals surface area contributed by atoms with Crippen LogP contribution in [0.1, 0.15) is 28.8 Å². The summed E-state index contributed by atoms with van der Waals surface area (Å²) in [5, 5.41) is 10.4. The smallest absolute Gasteiger partial charge is 0.475 e. The molecule has 3 rings (SSSR count). The number of nitrogens with zero attached hydrogens (tertiary/aromatic N) is 4. The zero-order valence-corrected chi connectivity index (χ0v) is 21.6. The number of likely N-dealkylation sites (N-methyl/N-ethyl adjacent to an activating group) is 1. The van der Waals surface area contributed by atoms with Crippen LogP contribution in [0.3, 0.4) is 0 Å². The highest BCUT2D eigenvalue weighted by atomic mass is 19.4. The molecule has 1 aromatic rings. The minimum atomic E-state index is -5.08. The standard InChI is InChI=1S/C23H37N5O2.C2HF3O2/c1-20-5-3-6-21(19-20)23(30)28(11-4-10-26-17-15-25(2)16-18-26)12-7-22(29)27-13-8-24-9-14-27;3-2(4,5)1(6)7/h3,5-6,19,24H,4,7-18H2,1-2H3;(H,6,7). The number of carbonyl (C=O) groups is 3. The van der Waals surface area contributed by atoms with E-state index in [2.05, 4.69) is 22.2 Å². The van der Waals surface area contributed by atoms with Crippen LogP contribution in [0.25, 0.3) is 0 Å². The number of hydrogen-bond donors (Lipinski definition) is 2. The van der Waals surface area contributed by atoms with Crippen molar-refractivity contribution in [2.75, 3.05) is 79.0 Å². The number of carboxylic acids is 1. The number of hydrogen-bond acceptors (Lipinski definition) is 6. The van der Waals surface area contributed by atoms with Crippen LogP contribution < -0.4 is 5.32 Å². The van der Waals surface area contributed by atoms with Gasteiger partial charge in [-0.05, 0) is 39.1 Å². The molecule has 0 radical (unpaired) electrons. The number of benzene rings is 1. The molecule has 0 unspecified atom stereocenters. The van der Waals surface area contributed by atoms with Gasteiger partial charge in [-0.3, -0.25) is 9.59 Å². The quantitative estimate of drug-likeness (QED) is 0.527. The van der Waals surface area contributed by atoms with E-state index in [0.717, 1.165) is 70.9 Å². The van der Waals surface area contributed by atoms with Crippen molar-refractivity contribution in [2.24, 2.45) is 0 Å². The molecular formula is C25H38F3N5O4. The normalized spacial score (nSPS) is 17.1. The van der Waals surface area contributed by atoms with Crippen molar-refractivity contribution < 1.29 is 32.7 Å². The zero-order valence-electron chi connectivity index (χ0n) is 21.6. The Labute approximate surface area is 216 Å². The van der Waals surface area contributed by atoms with Gasteiger partial charge < -0.3 is 30.0 Å². The van der Waals surface area contributed by atoms with Gasteiger partial charge in [0.1, 0.15) is 0 Å². The number of amides is 2. The summed E-state index contributed by atoms with van der Waals surface area (Å²) in [6, 6.07) is 7.74. The fourth-order valence-electron chi connectivity index (χ4n) is 4.14. The average molecular weight is 530 g/mol. The van der Waals surface area contributed by atoms with Gasteiger partial charge in [0, 0.05) is 77.4 Å². The molecule has 12 heteroatoms. The molecule has 0 aromatic heterocycles. The van der Waals surface area contributed by atoms with Crippen LogP contribution in [-0.4, -0.2) is 128 Å². The lowest BCUT2D eigenvalue weighted by Crippen LogP contribution is -2.47. The van der Waals surface area contributed by atoms with Crippen molar-refractivity contribution in [1.29, 1.82) is 0 Å². The molecule has 0 saturated carbocycles. The van der Waals surface area contributed by atoms with E-state index in [1.165, 1.54) is 0 Å². The van der Waals surface area contributed by atoms with E-state index in [9.17, 15) is 22.8 Å². The van der Waals surface area contributed by atoms with E-state index in [1.54, 1.807) is 0 Å². The SMILES string of the molecule is Cc1cccc(C(=O)N(CCCN2CCN(C)CC2)CCC(=O)N2CCNCC2)c1.O=C(O)C(F)(F)F. The highest BCUT2D eigenvalue weighted by molar-refractivity contribution is 5.94. The van der Waals surface area contributed by atoms with E-state index >= 15 is 0 Å². The molecule has 9 nitrogen and oxygen atoms in total. The van der Waals surface area contributed by atoms with Crippen molar-refractivity contribution in [1.82, 2.24) is 24.9 Å². The van der Waals surface area contributed by atoms with Crippen LogP contribution in [0.4, 0.5) is 13.2 Å². The van der Waals surface area contributed by atoms with Gasteiger partial charge in [0.25, 0.3) is 5.91 Å². The number of rotatable bonds is 8. The number of aryl methyl sites for hydroxylation is 1. The van der Waals surface area contributed by atoms with Gasteiger partial charge in [-0.1, -0.05) is 17.7 Å². The summed E-state index contributed by atoms with van der Waals surface area (Å²) >= 11 is 0. The lowest BCUT2D eigenvalue weighted by atomic mass is 10.1. The van der Waals surface area contributed by atoms with E-state index in [-0.39, 0.29) is 11.8 Å². The van der Waals surface area contributed by atoms with Gasteiger partial charge in [-0.25, -0.2) is 4.79 Å². The van der Waals surface area contributed by atoms with Crippen molar-refractivity contribution in [3.8, 4) is 0 Å². The van der Waals surface area contributed by atoms with E-state index in [0.29, 0.717) is 25.1 Å². The highest BCUT2D eigenvalue weighted by Crippen LogP contribution is 2.13. The molecule has 2 heterocycles. The lowest BCUT2D eigenvalue weighted by Gasteiger charge is -2.33. The molecule has 0 atom stereocenters. The summed E-state index contributed by atoms with van der Waals surface area (Å²) in [4.78, 5) is 43.3. The third kappa shape index (κ3) is 11.1. The molecule has 0 spiro atoms. The Hall–Kier alpha value is -2.70. The Morgan fingerprint density at radius 1 is 1.03 bits per heavy atom. The number of carboxylic acid groups (broad SMARTS) is 1. The fraction of sp³-hybridized carbons (Fsp3) is 0.640. The number of nitrogens with one attached hydrogen (secondary N) is 1. The van der Waals surface area contributed by atoms with Crippen LogP contribution in [0.15, 0.2) is 24.3 Å². The van der Waals surface area contributed by atoms with Crippen molar-refractivity contribution in [3.63, 3.8) is 0 Å². The summed E-state index contributed by atoms with van der Waals surface area (Å²) in [5.41, 5.74) is 1.79. The second-order valence-electron chi connectivity index (χ2n) is 9.34. The maximum atomic E-state index is 13.2. The largest absolute Gasteiger partial charge is 0.490 e. The monoisotopic (exact) mass is 529 g/mol. The fourth-order valence-corrected chi connectivity index (χ4v) is 4.14. The van der Waals surface area contributed by atoms with Gasteiger partial charge >= 0.3 is 12.1 Å². The summed E-state index contributed by atoms with van der Waals surface area (Å²) in [5.74, 6) is -2.57. The predicted octanol–water partition coefficient (Wildman–Crippen LogP) is 1.53. The number of carbonyl (C=O) groups excluding carboxylic acids is 2. The predicted molar refractivity (Wildman–Crippen MR) is 133 cm³/mol. The van der Waals surface area contributed by atoms with Crippen molar-refractivity contribution >= 4 is 17.8 Å². The maximum absolute atomic E-state index is 13.2. The van der Waals surface area contributed by atoms with Crippen molar-refractivity contribution in [2.45, 2.75) is 25.9 Å². The summed E-state index contributed by atoms with van der Waals surface area (Å²) < 4.78 is 31.7. The summed E-state index contributed by atoms with van der Waals surface area (Å²) in [7, 11) is 2.16. The van der Waals surface area contributed by atoms with Gasteiger partial charge in [-0.15, -0.1) is 0 Å². The van der Waals surface area contributed by atoms with Crippen LogP contribution >= 0.6 is 0 Å². The number of piperazine rings is 2. The molecule has 37 heavy (non-hydrogen) atoms. The Morgan fingerprint density at radius 2 is 1.65 bits per heavy atom. The molecule has 0 aliphatic carbocycles. The Bertz CT molecular complexity index is 885. The maximum Gasteiger partial charge on any atom is 0.490 e. The minimum absolute atomic E-state index is 0.0326. The van der Waals surface area contributed by atoms with Gasteiger partial charge in [0.2, 0.25) is 5.91 Å². The van der Waals surface area contributed by atoms with Crippen LogP contribution in [-0.2, 0) is 9.59 Å². The van der Waals surface area contributed by atoms with Crippen LogP contribution in [0.5, 0.6) is 0 Å². The molecule has 2 N–H and O–H groups in total. The van der Waals surface area contributed by atoms with Gasteiger partial charge in [0.05, 0.1) is 0 Å². The van der Waals surface area contributed by atoms with E-state index in [1.807, 2.05) is 41.0 Å². The summed E-state index contributed by atoms with van der Waals surface area (Å²) in [6.07, 6.45) is -3.75. The van der Waals surface area contributed by atoms with Crippen molar-refractivity contribution in [3.05, 3.63) is 35.4 Å². The third-order valence-corrected chi connectivity index (χ3v) is 6.36. The lowest BCUT2D eigenvalue weighted by molar-refractivity contribution is -0.192.